The number of rotatable bonds is 5. The maximum absolute atomic E-state index is 5.86. The van der Waals surface area contributed by atoms with Gasteiger partial charge in [0.1, 0.15) is 0 Å². The van der Waals surface area contributed by atoms with E-state index in [1.54, 1.807) is 0 Å². The predicted molar refractivity (Wildman–Crippen MR) is 103 cm³/mol. The summed E-state index contributed by atoms with van der Waals surface area (Å²) in [4.78, 5) is 5.62. The average molecular weight is 433 g/mol. The molecule has 2 aliphatic heterocycles. The van der Waals surface area contributed by atoms with Crippen LogP contribution in [-0.4, -0.2) is 43.6 Å². The number of ether oxygens (including phenoxy) is 1. The van der Waals surface area contributed by atoms with Crippen LogP contribution in [0.15, 0.2) is 40.2 Å². The number of benzene rings is 1. The SMILES string of the molecule is CN=C(NCCSc1ccccc1)NC1CC2CCC1O2.I. The molecule has 22 heavy (non-hydrogen) atoms. The van der Waals surface area contributed by atoms with E-state index in [0.29, 0.717) is 18.2 Å². The van der Waals surface area contributed by atoms with E-state index in [9.17, 15) is 0 Å². The number of fused-ring (bicyclic) bond motifs is 2. The summed E-state index contributed by atoms with van der Waals surface area (Å²) in [5, 5.41) is 6.89. The molecule has 1 aromatic rings. The van der Waals surface area contributed by atoms with E-state index in [0.717, 1.165) is 24.7 Å². The van der Waals surface area contributed by atoms with Gasteiger partial charge in [0.15, 0.2) is 5.96 Å². The molecule has 2 saturated heterocycles. The van der Waals surface area contributed by atoms with Gasteiger partial charge in [-0.15, -0.1) is 35.7 Å². The van der Waals surface area contributed by atoms with Crippen LogP contribution in [0.4, 0.5) is 0 Å². The van der Waals surface area contributed by atoms with Gasteiger partial charge in [0.05, 0.1) is 18.2 Å². The first-order chi connectivity index (χ1) is 10.3. The van der Waals surface area contributed by atoms with Gasteiger partial charge in [0, 0.05) is 24.2 Å². The van der Waals surface area contributed by atoms with Crippen LogP contribution in [0, 0.1) is 0 Å². The number of guanidine groups is 1. The Bertz CT molecular complexity index is 486. The van der Waals surface area contributed by atoms with Crippen molar-refractivity contribution in [1.29, 1.82) is 0 Å². The molecule has 3 rings (SSSR count). The summed E-state index contributed by atoms with van der Waals surface area (Å²) in [5.41, 5.74) is 0. The molecule has 1 aromatic carbocycles. The molecule has 122 valence electrons. The summed E-state index contributed by atoms with van der Waals surface area (Å²) < 4.78 is 5.86. The molecule has 2 bridgehead atoms. The summed E-state index contributed by atoms with van der Waals surface area (Å²) in [7, 11) is 1.83. The first-order valence-electron chi connectivity index (χ1n) is 7.65. The van der Waals surface area contributed by atoms with E-state index in [1.165, 1.54) is 17.7 Å². The van der Waals surface area contributed by atoms with Gasteiger partial charge in [-0.1, -0.05) is 18.2 Å². The Morgan fingerprint density at radius 2 is 2.14 bits per heavy atom. The highest BCUT2D eigenvalue weighted by atomic mass is 127. The summed E-state index contributed by atoms with van der Waals surface area (Å²) >= 11 is 1.86. The van der Waals surface area contributed by atoms with Crippen molar-refractivity contribution in [2.24, 2.45) is 4.99 Å². The van der Waals surface area contributed by atoms with E-state index in [4.69, 9.17) is 4.74 Å². The molecule has 6 heteroatoms. The van der Waals surface area contributed by atoms with Gasteiger partial charge in [-0.2, -0.15) is 0 Å². The third-order valence-electron chi connectivity index (χ3n) is 4.06. The van der Waals surface area contributed by atoms with Gasteiger partial charge < -0.3 is 15.4 Å². The van der Waals surface area contributed by atoms with Crippen molar-refractivity contribution in [3.05, 3.63) is 30.3 Å². The molecule has 0 spiro atoms. The number of nitrogens with zero attached hydrogens (tertiary/aromatic N) is 1. The quantitative estimate of drug-likeness (QED) is 0.247. The second-order valence-electron chi connectivity index (χ2n) is 5.52. The zero-order valence-corrected chi connectivity index (χ0v) is 16.0. The van der Waals surface area contributed by atoms with Crippen molar-refractivity contribution in [1.82, 2.24) is 10.6 Å². The lowest BCUT2D eigenvalue weighted by Gasteiger charge is -2.22. The van der Waals surface area contributed by atoms with Crippen molar-refractivity contribution in [3.8, 4) is 0 Å². The number of aliphatic imine (C=N–C) groups is 1. The first kappa shape index (κ1) is 17.9. The van der Waals surface area contributed by atoms with Gasteiger partial charge in [-0.25, -0.2) is 0 Å². The second kappa shape index (κ2) is 8.98. The van der Waals surface area contributed by atoms with Crippen molar-refractivity contribution >= 4 is 41.7 Å². The molecule has 0 aromatic heterocycles. The van der Waals surface area contributed by atoms with Gasteiger partial charge in [0.25, 0.3) is 0 Å². The zero-order valence-electron chi connectivity index (χ0n) is 12.8. The number of halogens is 1. The number of hydrogen-bond acceptors (Lipinski definition) is 3. The highest BCUT2D eigenvalue weighted by Crippen LogP contribution is 2.34. The minimum absolute atomic E-state index is 0. The number of nitrogens with one attached hydrogen (secondary N) is 2. The Kier molecular flexibility index (Phi) is 7.30. The van der Waals surface area contributed by atoms with Crippen molar-refractivity contribution in [2.45, 2.75) is 42.4 Å². The lowest BCUT2D eigenvalue weighted by atomic mass is 9.96. The van der Waals surface area contributed by atoms with Crippen molar-refractivity contribution in [2.75, 3.05) is 19.3 Å². The fraction of sp³-hybridized carbons (Fsp3) is 0.562. The Balaban J connectivity index is 0.00000176. The summed E-state index contributed by atoms with van der Waals surface area (Å²) in [6, 6.07) is 10.9. The molecule has 0 aliphatic carbocycles. The van der Waals surface area contributed by atoms with Gasteiger partial charge in [0.2, 0.25) is 0 Å². The van der Waals surface area contributed by atoms with Crippen LogP contribution in [0.1, 0.15) is 19.3 Å². The van der Waals surface area contributed by atoms with Crippen LogP contribution in [0.3, 0.4) is 0 Å². The number of thioether (sulfide) groups is 1. The standard InChI is InChI=1S/C16H23N3OS.HI/c1-17-16(19-14-11-12-7-8-15(14)20-12)18-9-10-21-13-5-3-2-4-6-13;/h2-6,12,14-15H,7-11H2,1H3,(H2,17,18,19);1H. The molecule has 2 fully saturated rings. The van der Waals surface area contributed by atoms with Gasteiger partial charge >= 0.3 is 0 Å². The van der Waals surface area contributed by atoms with Gasteiger partial charge in [-0.3, -0.25) is 4.99 Å². The zero-order chi connectivity index (χ0) is 14.5. The molecule has 2 heterocycles. The van der Waals surface area contributed by atoms with E-state index >= 15 is 0 Å². The maximum atomic E-state index is 5.86. The third-order valence-corrected chi connectivity index (χ3v) is 5.07. The summed E-state index contributed by atoms with van der Waals surface area (Å²) in [5.74, 6) is 1.92. The van der Waals surface area contributed by atoms with Gasteiger partial charge in [-0.05, 0) is 31.4 Å². The van der Waals surface area contributed by atoms with Crippen LogP contribution >= 0.6 is 35.7 Å². The molecule has 3 unspecified atom stereocenters. The minimum Gasteiger partial charge on any atom is -0.373 e. The molecule has 2 N–H and O–H groups in total. The molecule has 0 amide bonds. The third kappa shape index (κ3) is 4.76. The Morgan fingerprint density at radius 3 is 2.77 bits per heavy atom. The predicted octanol–water partition coefficient (Wildman–Crippen LogP) is 2.88. The Hall–Kier alpha value is -0.470. The van der Waals surface area contributed by atoms with Crippen LogP contribution in [0.5, 0.6) is 0 Å². The minimum atomic E-state index is 0. The Labute approximate surface area is 153 Å². The average Bonchev–Trinajstić information content (AvgIpc) is 3.14. The summed E-state index contributed by atoms with van der Waals surface area (Å²) in [6.07, 6.45) is 4.38. The molecular formula is C16H24IN3OS. The van der Waals surface area contributed by atoms with Crippen molar-refractivity contribution < 1.29 is 4.74 Å². The Morgan fingerprint density at radius 1 is 1.32 bits per heavy atom. The molecule has 2 aliphatic rings. The first-order valence-corrected chi connectivity index (χ1v) is 8.64. The molecule has 0 saturated carbocycles. The van der Waals surface area contributed by atoms with E-state index in [2.05, 4.69) is 39.9 Å². The van der Waals surface area contributed by atoms with E-state index in [-0.39, 0.29) is 24.0 Å². The second-order valence-corrected chi connectivity index (χ2v) is 6.69. The monoisotopic (exact) mass is 433 g/mol. The number of hydrogen-bond donors (Lipinski definition) is 2. The fourth-order valence-corrected chi connectivity index (χ4v) is 3.80. The smallest absolute Gasteiger partial charge is 0.191 e. The van der Waals surface area contributed by atoms with Crippen LogP contribution in [-0.2, 0) is 4.74 Å². The molecule has 0 radical (unpaired) electrons. The lowest BCUT2D eigenvalue weighted by molar-refractivity contribution is 0.0992. The topological polar surface area (TPSA) is 45.7 Å². The lowest BCUT2D eigenvalue weighted by Crippen LogP contribution is -2.47. The van der Waals surface area contributed by atoms with E-state index < -0.39 is 0 Å². The maximum Gasteiger partial charge on any atom is 0.191 e. The van der Waals surface area contributed by atoms with Crippen LogP contribution in [0.25, 0.3) is 0 Å². The van der Waals surface area contributed by atoms with Crippen molar-refractivity contribution in [3.63, 3.8) is 0 Å². The van der Waals surface area contributed by atoms with E-state index in [1.807, 2.05) is 24.9 Å². The molecule has 3 atom stereocenters. The van der Waals surface area contributed by atoms with Crippen LogP contribution < -0.4 is 10.6 Å². The molecule has 4 nitrogen and oxygen atoms in total. The highest BCUT2D eigenvalue weighted by molar-refractivity contribution is 14.0. The largest absolute Gasteiger partial charge is 0.373 e. The fourth-order valence-electron chi connectivity index (χ4n) is 3.02. The summed E-state index contributed by atoms with van der Waals surface area (Å²) in [6.45, 7) is 0.904. The highest BCUT2D eigenvalue weighted by Gasteiger charge is 2.40. The van der Waals surface area contributed by atoms with Crippen LogP contribution in [0.2, 0.25) is 0 Å². The molecular weight excluding hydrogens is 409 g/mol. The normalized spacial score (nSPS) is 26.6.